The molecule has 23 heavy (non-hydrogen) atoms. The first-order chi connectivity index (χ1) is 11.2. The van der Waals surface area contributed by atoms with E-state index in [2.05, 4.69) is 20.8 Å². The molecule has 1 aliphatic carbocycles. The highest BCUT2D eigenvalue weighted by Gasteiger charge is 2.44. The average molecular weight is 314 g/mol. The Kier molecular flexibility index (Phi) is 4.27. The Morgan fingerprint density at radius 3 is 2.57 bits per heavy atom. The van der Waals surface area contributed by atoms with Gasteiger partial charge in [0.15, 0.2) is 5.82 Å². The molecule has 0 unspecified atom stereocenters. The molecule has 1 fully saturated rings. The lowest BCUT2D eigenvalue weighted by Gasteiger charge is -2.43. The van der Waals surface area contributed by atoms with Gasteiger partial charge in [0.2, 0.25) is 0 Å². The van der Waals surface area contributed by atoms with Crippen LogP contribution in [-0.4, -0.2) is 45.2 Å². The average Bonchev–Trinajstić information content (AvgIpc) is 3.12. The van der Waals surface area contributed by atoms with Gasteiger partial charge in [0.25, 0.3) is 0 Å². The number of hydrogen-bond donors (Lipinski definition) is 1. The Morgan fingerprint density at radius 1 is 1.22 bits per heavy atom. The van der Waals surface area contributed by atoms with Gasteiger partial charge in [-0.05, 0) is 35.4 Å². The lowest BCUT2D eigenvalue weighted by molar-refractivity contribution is 0.0873. The van der Waals surface area contributed by atoms with Gasteiger partial charge in [0.05, 0.1) is 5.69 Å². The molecule has 1 N–H and O–H groups in total. The fraction of sp³-hybridized carbons (Fsp3) is 0.500. The second-order valence-corrected chi connectivity index (χ2v) is 5.96. The number of aromatic nitrogens is 4. The number of nitrogens with one attached hydrogen (secondary N) is 1. The minimum atomic E-state index is -0.475. The monoisotopic (exact) mass is 314 g/mol. The Labute approximate surface area is 135 Å². The highest BCUT2D eigenvalue weighted by Crippen LogP contribution is 2.41. The number of rotatable bonds is 3. The number of benzene rings is 1. The lowest BCUT2D eigenvalue weighted by Crippen LogP contribution is -2.52. The molecule has 0 atom stereocenters. The first kappa shape index (κ1) is 15.5. The first-order valence-corrected chi connectivity index (χ1v) is 7.99. The van der Waals surface area contributed by atoms with Gasteiger partial charge in [-0.15, -0.1) is 5.10 Å². The van der Waals surface area contributed by atoms with E-state index in [4.69, 9.17) is 0 Å². The Balaban J connectivity index is 2.08. The third kappa shape index (κ3) is 2.67. The van der Waals surface area contributed by atoms with Crippen molar-refractivity contribution < 1.29 is 4.79 Å². The third-order valence-electron chi connectivity index (χ3n) is 4.73. The fourth-order valence-corrected chi connectivity index (χ4v) is 3.43. The predicted octanol–water partition coefficient (Wildman–Crippen LogP) is 2.09. The molecular weight excluding hydrogens is 292 g/mol. The molecule has 0 bridgehead atoms. The molecule has 2 aromatic rings. The Hall–Kier alpha value is -2.44. The van der Waals surface area contributed by atoms with Crippen LogP contribution in [0.25, 0.3) is 5.69 Å². The zero-order valence-electron chi connectivity index (χ0n) is 13.6. The maximum Gasteiger partial charge on any atom is 0.317 e. The van der Waals surface area contributed by atoms with Gasteiger partial charge in [-0.25, -0.2) is 4.79 Å². The van der Waals surface area contributed by atoms with E-state index >= 15 is 0 Å². The summed E-state index contributed by atoms with van der Waals surface area (Å²) in [6, 6.07) is 9.69. The van der Waals surface area contributed by atoms with Gasteiger partial charge < -0.3 is 10.2 Å². The second kappa shape index (κ2) is 6.36. The van der Waals surface area contributed by atoms with Crippen LogP contribution in [-0.2, 0) is 5.54 Å². The van der Waals surface area contributed by atoms with Crippen molar-refractivity contribution >= 4 is 6.03 Å². The van der Waals surface area contributed by atoms with Crippen molar-refractivity contribution in [3.8, 4) is 5.69 Å². The maximum atomic E-state index is 12.3. The SMILES string of the molecule is CNC(=O)N(C)C1(c2nnnn2-c2ccccc2)CCCCC1. The smallest absolute Gasteiger partial charge is 0.317 e. The number of amides is 2. The molecule has 7 heteroatoms. The van der Waals surface area contributed by atoms with Crippen LogP contribution in [0.5, 0.6) is 0 Å². The highest BCUT2D eigenvalue weighted by atomic mass is 16.2. The molecule has 7 nitrogen and oxygen atoms in total. The summed E-state index contributed by atoms with van der Waals surface area (Å²) in [6.45, 7) is 0. The Bertz CT molecular complexity index is 662. The minimum Gasteiger partial charge on any atom is -0.341 e. The zero-order chi connectivity index (χ0) is 16.3. The summed E-state index contributed by atoms with van der Waals surface area (Å²) in [4.78, 5) is 14.1. The van der Waals surface area contributed by atoms with Crippen molar-refractivity contribution in [3.63, 3.8) is 0 Å². The molecule has 1 aromatic carbocycles. The van der Waals surface area contributed by atoms with Crippen molar-refractivity contribution in [1.29, 1.82) is 0 Å². The lowest BCUT2D eigenvalue weighted by atomic mass is 9.79. The largest absolute Gasteiger partial charge is 0.341 e. The normalized spacial score (nSPS) is 16.8. The summed E-state index contributed by atoms with van der Waals surface area (Å²) in [6.07, 6.45) is 5.02. The first-order valence-electron chi connectivity index (χ1n) is 7.99. The van der Waals surface area contributed by atoms with Crippen LogP contribution in [0.4, 0.5) is 4.79 Å². The molecule has 1 heterocycles. The van der Waals surface area contributed by atoms with Crippen molar-refractivity contribution in [3.05, 3.63) is 36.2 Å². The highest BCUT2D eigenvalue weighted by molar-refractivity contribution is 5.74. The number of para-hydroxylation sites is 1. The Morgan fingerprint density at radius 2 is 1.91 bits per heavy atom. The number of hydrogen-bond acceptors (Lipinski definition) is 4. The summed E-state index contributed by atoms with van der Waals surface area (Å²) in [5.74, 6) is 0.731. The van der Waals surface area contributed by atoms with Crippen LogP contribution in [0.2, 0.25) is 0 Å². The molecule has 0 radical (unpaired) electrons. The molecule has 0 aliphatic heterocycles. The molecule has 1 aromatic heterocycles. The molecule has 1 aliphatic rings. The number of carbonyl (C=O) groups is 1. The quantitative estimate of drug-likeness (QED) is 0.941. The van der Waals surface area contributed by atoms with E-state index in [1.807, 2.05) is 37.4 Å². The van der Waals surface area contributed by atoms with Gasteiger partial charge in [-0.1, -0.05) is 37.5 Å². The standard InChI is InChI=1S/C16H22N6O/c1-17-15(23)21(2)16(11-7-4-8-12-16)14-18-19-20-22(14)13-9-5-3-6-10-13/h3,5-6,9-10H,4,7-8,11-12H2,1-2H3,(H,17,23). The van der Waals surface area contributed by atoms with Crippen LogP contribution < -0.4 is 5.32 Å². The van der Waals surface area contributed by atoms with E-state index in [0.717, 1.165) is 37.2 Å². The number of tetrazole rings is 1. The number of carbonyl (C=O) groups excluding carboxylic acids is 1. The van der Waals surface area contributed by atoms with Gasteiger partial charge >= 0.3 is 6.03 Å². The molecule has 0 spiro atoms. The molecule has 3 rings (SSSR count). The number of urea groups is 1. The van der Waals surface area contributed by atoms with E-state index in [9.17, 15) is 4.79 Å². The van der Waals surface area contributed by atoms with Gasteiger partial charge in [-0.2, -0.15) is 4.68 Å². The van der Waals surface area contributed by atoms with Crippen molar-refractivity contribution in [2.75, 3.05) is 14.1 Å². The van der Waals surface area contributed by atoms with Crippen molar-refractivity contribution in [2.24, 2.45) is 0 Å². The van der Waals surface area contributed by atoms with E-state index < -0.39 is 5.54 Å². The topological polar surface area (TPSA) is 75.9 Å². The van der Waals surface area contributed by atoms with E-state index in [0.29, 0.717) is 0 Å². The van der Waals surface area contributed by atoms with Crippen LogP contribution in [0, 0.1) is 0 Å². The molecule has 0 saturated heterocycles. The summed E-state index contributed by atoms with van der Waals surface area (Å²) in [5.41, 5.74) is 0.431. The van der Waals surface area contributed by atoms with E-state index in [-0.39, 0.29) is 6.03 Å². The predicted molar refractivity (Wildman–Crippen MR) is 86.1 cm³/mol. The second-order valence-electron chi connectivity index (χ2n) is 5.96. The van der Waals surface area contributed by atoms with Crippen LogP contribution in [0.1, 0.15) is 37.9 Å². The molecular formula is C16H22N6O. The molecule has 2 amide bonds. The van der Waals surface area contributed by atoms with Crippen LogP contribution in [0.15, 0.2) is 30.3 Å². The summed E-state index contributed by atoms with van der Waals surface area (Å²) >= 11 is 0. The summed E-state index contributed by atoms with van der Waals surface area (Å²) < 4.78 is 1.75. The number of nitrogens with zero attached hydrogens (tertiary/aromatic N) is 5. The van der Waals surface area contributed by atoms with Gasteiger partial charge in [0, 0.05) is 14.1 Å². The minimum absolute atomic E-state index is 0.116. The fourth-order valence-electron chi connectivity index (χ4n) is 3.43. The van der Waals surface area contributed by atoms with Crippen molar-refractivity contribution in [1.82, 2.24) is 30.4 Å². The van der Waals surface area contributed by atoms with Gasteiger partial charge in [0.1, 0.15) is 5.54 Å². The van der Waals surface area contributed by atoms with Crippen LogP contribution in [0.3, 0.4) is 0 Å². The van der Waals surface area contributed by atoms with Crippen molar-refractivity contribution in [2.45, 2.75) is 37.6 Å². The van der Waals surface area contributed by atoms with E-state index in [1.165, 1.54) is 6.42 Å². The van der Waals surface area contributed by atoms with Gasteiger partial charge in [-0.3, -0.25) is 0 Å². The third-order valence-corrected chi connectivity index (χ3v) is 4.73. The van der Waals surface area contributed by atoms with E-state index in [1.54, 1.807) is 16.6 Å². The summed E-state index contributed by atoms with van der Waals surface area (Å²) in [7, 11) is 3.48. The molecule has 122 valence electrons. The zero-order valence-corrected chi connectivity index (χ0v) is 13.6. The molecule has 1 saturated carbocycles. The summed E-state index contributed by atoms with van der Waals surface area (Å²) in [5, 5.41) is 15.1. The van der Waals surface area contributed by atoms with Crippen LogP contribution >= 0.6 is 0 Å². The maximum absolute atomic E-state index is 12.3.